The average molecular weight is 662 g/mol. The highest BCUT2D eigenvalue weighted by Crippen LogP contribution is 2.33. The van der Waals surface area contributed by atoms with Crippen LogP contribution in [-0.4, -0.2) is 34.3 Å². The minimum Gasteiger partial charge on any atom is -0.494 e. The molecular formula is C38H39F4N3O3. The van der Waals surface area contributed by atoms with E-state index >= 15 is 0 Å². The van der Waals surface area contributed by atoms with Crippen molar-refractivity contribution in [3.8, 4) is 39.9 Å². The Kier molecular flexibility index (Phi) is 12.1. The van der Waals surface area contributed by atoms with Crippen molar-refractivity contribution in [3.05, 3.63) is 120 Å². The third-order valence-electron chi connectivity index (χ3n) is 7.74. The summed E-state index contributed by atoms with van der Waals surface area (Å²) >= 11 is 0. The summed E-state index contributed by atoms with van der Waals surface area (Å²) in [5.74, 6) is 1.77. The van der Waals surface area contributed by atoms with Crippen LogP contribution in [0, 0.1) is 0 Å². The maximum absolute atomic E-state index is 12.8. The van der Waals surface area contributed by atoms with Crippen LogP contribution >= 0.6 is 0 Å². The number of unbranched alkanes of at least 4 members (excludes halogenated alkanes) is 1. The molecule has 0 bridgehead atoms. The minimum absolute atomic E-state index is 0.0801. The number of rotatable bonds is 17. The van der Waals surface area contributed by atoms with Crippen molar-refractivity contribution in [2.45, 2.75) is 66.1 Å². The lowest BCUT2D eigenvalue weighted by molar-refractivity contribution is -0.0505. The topological polar surface area (TPSA) is 48.8 Å². The van der Waals surface area contributed by atoms with Gasteiger partial charge in [-0.1, -0.05) is 80.1 Å². The van der Waals surface area contributed by atoms with E-state index in [0.29, 0.717) is 26.2 Å². The normalized spacial score (nSPS) is 11.4. The predicted octanol–water partition coefficient (Wildman–Crippen LogP) is 9.82. The summed E-state index contributed by atoms with van der Waals surface area (Å²) < 4.78 is 68.5. The van der Waals surface area contributed by atoms with Crippen molar-refractivity contribution < 1.29 is 31.8 Å². The van der Waals surface area contributed by atoms with E-state index in [0.717, 1.165) is 64.6 Å². The molecule has 0 aliphatic rings. The minimum atomic E-state index is -2.91. The Hall–Kier alpha value is -4.83. The first-order chi connectivity index (χ1) is 23.3. The molecule has 0 aliphatic carbocycles. The molecule has 6 nitrogen and oxygen atoms in total. The summed E-state index contributed by atoms with van der Waals surface area (Å²) in [6.07, 6.45) is 1.93. The summed E-state index contributed by atoms with van der Waals surface area (Å²) in [5.41, 5.74) is 5.53. The fourth-order valence-electron chi connectivity index (χ4n) is 5.59. The Morgan fingerprint density at radius 2 is 1.25 bits per heavy atom. The molecule has 10 heteroatoms. The van der Waals surface area contributed by atoms with Gasteiger partial charge in [-0.15, -0.1) is 0 Å². The third-order valence-corrected chi connectivity index (χ3v) is 7.74. The Labute approximate surface area is 278 Å². The molecule has 0 radical (unpaired) electrons. The molecule has 4 aromatic carbocycles. The number of aromatic nitrogens is 2. The van der Waals surface area contributed by atoms with Crippen LogP contribution in [-0.2, 0) is 26.2 Å². The van der Waals surface area contributed by atoms with E-state index in [-0.39, 0.29) is 11.5 Å². The molecular weight excluding hydrogens is 622 g/mol. The Balaban J connectivity index is 1.58. The van der Waals surface area contributed by atoms with Crippen LogP contribution in [0.15, 0.2) is 103 Å². The smallest absolute Gasteiger partial charge is 0.387 e. The second kappa shape index (κ2) is 16.8. The van der Waals surface area contributed by atoms with Crippen LogP contribution in [0.3, 0.4) is 0 Å². The fourth-order valence-corrected chi connectivity index (χ4v) is 5.59. The van der Waals surface area contributed by atoms with Crippen molar-refractivity contribution >= 4 is 0 Å². The third kappa shape index (κ3) is 9.38. The maximum Gasteiger partial charge on any atom is 0.387 e. The molecule has 48 heavy (non-hydrogen) atoms. The van der Waals surface area contributed by atoms with Crippen molar-refractivity contribution in [2.24, 2.45) is 0 Å². The number of imidazole rings is 1. The molecule has 0 amide bonds. The molecule has 0 aliphatic heterocycles. The number of ether oxygens (including phenoxy) is 3. The van der Waals surface area contributed by atoms with Gasteiger partial charge in [0.05, 0.1) is 18.0 Å². The van der Waals surface area contributed by atoms with E-state index in [2.05, 4.69) is 38.0 Å². The molecule has 0 N–H and O–H groups in total. The molecule has 0 saturated carbocycles. The highest BCUT2D eigenvalue weighted by molar-refractivity contribution is 5.69. The Morgan fingerprint density at radius 1 is 0.667 bits per heavy atom. The largest absolute Gasteiger partial charge is 0.494 e. The first-order valence-electron chi connectivity index (χ1n) is 16.0. The van der Waals surface area contributed by atoms with E-state index in [1.165, 1.54) is 24.3 Å². The monoisotopic (exact) mass is 661 g/mol. The van der Waals surface area contributed by atoms with Crippen LogP contribution < -0.4 is 14.2 Å². The first-order valence-corrected chi connectivity index (χ1v) is 16.0. The number of nitrogens with zero attached hydrogens (tertiary/aromatic N) is 3. The van der Waals surface area contributed by atoms with Crippen LogP contribution in [0.25, 0.3) is 22.6 Å². The summed E-state index contributed by atoms with van der Waals surface area (Å²) in [6.45, 7) is 0.959. The van der Waals surface area contributed by atoms with E-state index in [1.54, 1.807) is 24.3 Å². The van der Waals surface area contributed by atoms with Crippen LogP contribution in [0.1, 0.15) is 43.5 Å². The van der Waals surface area contributed by atoms with Gasteiger partial charge in [-0.05, 0) is 60.9 Å². The van der Waals surface area contributed by atoms with Gasteiger partial charge in [0.15, 0.2) is 0 Å². The molecule has 1 aromatic heterocycles. The van der Waals surface area contributed by atoms with Gasteiger partial charge in [-0.25, -0.2) is 4.98 Å². The van der Waals surface area contributed by atoms with Gasteiger partial charge in [0.1, 0.15) is 23.1 Å². The van der Waals surface area contributed by atoms with Gasteiger partial charge in [-0.2, -0.15) is 17.6 Å². The summed E-state index contributed by atoms with van der Waals surface area (Å²) in [5, 5.41) is 0. The van der Waals surface area contributed by atoms with Crippen LogP contribution in [0.2, 0.25) is 0 Å². The number of benzene rings is 4. The average Bonchev–Trinajstić information content (AvgIpc) is 3.43. The highest BCUT2D eigenvalue weighted by atomic mass is 19.3. The van der Waals surface area contributed by atoms with Gasteiger partial charge in [-0.3, -0.25) is 4.90 Å². The molecule has 252 valence electrons. The number of alkyl halides is 4. The van der Waals surface area contributed by atoms with Gasteiger partial charge in [0, 0.05) is 37.3 Å². The van der Waals surface area contributed by atoms with Crippen molar-refractivity contribution in [1.82, 2.24) is 14.5 Å². The van der Waals surface area contributed by atoms with Crippen molar-refractivity contribution in [3.63, 3.8) is 0 Å². The molecule has 5 rings (SSSR count). The molecule has 0 unspecified atom stereocenters. The molecule has 1 heterocycles. The summed E-state index contributed by atoms with van der Waals surface area (Å²) in [6, 6.07) is 31.2. The van der Waals surface area contributed by atoms with Crippen molar-refractivity contribution in [1.29, 1.82) is 0 Å². The Morgan fingerprint density at radius 3 is 1.79 bits per heavy atom. The first kappa shape index (κ1) is 34.5. The summed E-state index contributed by atoms with van der Waals surface area (Å²) in [7, 11) is 0. The summed E-state index contributed by atoms with van der Waals surface area (Å²) in [4.78, 5) is 7.47. The van der Waals surface area contributed by atoms with Gasteiger partial charge in [0.25, 0.3) is 0 Å². The lowest BCUT2D eigenvalue weighted by Gasteiger charge is -2.25. The standard InChI is InChI=1S/C38H39F4N3O3/c1-3-5-22-45-34(35(30-12-9-13-33(23-30)46-4-2)43-36(45)29-10-7-6-8-11-29)26-44(24-27-14-18-31(19-15-27)47-37(39)40)25-28-16-20-32(21-17-28)48-38(41)42/h6-21,23,37-38H,3-5,22,24-26H2,1-2H3. The zero-order valence-electron chi connectivity index (χ0n) is 27.0. The van der Waals surface area contributed by atoms with E-state index in [9.17, 15) is 17.6 Å². The molecule has 0 saturated heterocycles. The molecule has 0 spiro atoms. The second-order valence-electron chi connectivity index (χ2n) is 11.3. The van der Waals surface area contributed by atoms with E-state index < -0.39 is 13.2 Å². The van der Waals surface area contributed by atoms with E-state index in [4.69, 9.17) is 9.72 Å². The highest BCUT2D eigenvalue weighted by Gasteiger charge is 2.23. The maximum atomic E-state index is 12.8. The van der Waals surface area contributed by atoms with Gasteiger partial charge >= 0.3 is 13.2 Å². The fraction of sp³-hybridized carbons (Fsp3) is 0.289. The van der Waals surface area contributed by atoms with E-state index in [1.807, 2.05) is 49.4 Å². The zero-order chi connectivity index (χ0) is 33.9. The quantitative estimate of drug-likeness (QED) is 0.0929. The lowest BCUT2D eigenvalue weighted by atomic mass is 10.1. The van der Waals surface area contributed by atoms with Gasteiger partial charge in [0.2, 0.25) is 0 Å². The van der Waals surface area contributed by atoms with Crippen LogP contribution in [0.5, 0.6) is 17.2 Å². The van der Waals surface area contributed by atoms with Crippen molar-refractivity contribution in [2.75, 3.05) is 6.61 Å². The lowest BCUT2D eigenvalue weighted by Crippen LogP contribution is -2.24. The van der Waals surface area contributed by atoms with Crippen LogP contribution in [0.4, 0.5) is 17.6 Å². The number of hydrogen-bond donors (Lipinski definition) is 0. The van der Waals surface area contributed by atoms with Gasteiger partial charge < -0.3 is 18.8 Å². The molecule has 5 aromatic rings. The Bertz CT molecular complexity index is 1660. The predicted molar refractivity (Wildman–Crippen MR) is 178 cm³/mol. The number of halogens is 4. The SMILES string of the molecule is CCCCn1c(-c2ccccc2)nc(-c2cccc(OCC)c2)c1CN(Cc1ccc(OC(F)F)cc1)Cc1ccc(OC(F)F)cc1. The molecule has 0 fully saturated rings. The molecule has 0 atom stereocenters. The zero-order valence-corrected chi connectivity index (χ0v) is 27.0. The second-order valence-corrected chi connectivity index (χ2v) is 11.3. The number of hydrogen-bond acceptors (Lipinski definition) is 5.